The Balaban J connectivity index is 1.59. The Hall–Kier alpha value is -3.32. The molecule has 3 rings (SSSR count). The number of rotatable bonds is 10. The molecule has 1 amide bonds. The fraction of sp³-hybridized carbons (Fsp3) is 0.200. The number of carbonyl (C=O) groups excluding carboxylic acids is 1. The van der Waals surface area contributed by atoms with Crippen LogP contribution in [0.1, 0.15) is 35.3 Å². The van der Waals surface area contributed by atoms with Crippen molar-refractivity contribution in [2.24, 2.45) is 5.10 Å². The van der Waals surface area contributed by atoms with Crippen molar-refractivity contribution in [1.82, 2.24) is 5.43 Å². The second kappa shape index (κ2) is 11.9. The molecule has 0 bridgehead atoms. The number of hydrogen-bond acceptors (Lipinski definition) is 5. The van der Waals surface area contributed by atoms with E-state index < -0.39 is 0 Å². The number of carbonyl (C=O) groups is 1. The summed E-state index contributed by atoms with van der Waals surface area (Å²) >= 11 is 3.42. The molecule has 7 heteroatoms. The Labute approximate surface area is 196 Å². The molecule has 0 radical (unpaired) electrons. The van der Waals surface area contributed by atoms with Crippen molar-refractivity contribution in [3.05, 3.63) is 87.9 Å². The van der Waals surface area contributed by atoms with E-state index in [1.54, 1.807) is 24.4 Å². The highest BCUT2D eigenvalue weighted by atomic mass is 79.9. The van der Waals surface area contributed by atoms with E-state index in [0.717, 1.165) is 21.3 Å². The van der Waals surface area contributed by atoms with E-state index in [9.17, 15) is 4.79 Å². The topological polar surface area (TPSA) is 69.2 Å². The van der Waals surface area contributed by atoms with Gasteiger partial charge in [-0.1, -0.05) is 40.2 Å². The number of benzene rings is 3. The second-order valence-corrected chi connectivity index (χ2v) is 7.63. The Morgan fingerprint density at radius 3 is 2.44 bits per heavy atom. The highest BCUT2D eigenvalue weighted by Gasteiger charge is 2.11. The van der Waals surface area contributed by atoms with Gasteiger partial charge in [0.15, 0.2) is 11.5 Å². The summed E-state index contributed by atoms with van der Waals surface area (Å²) in [5, 5.41) is 4.06. The van der Waals surface area contributed by atoms with Gasteiger partial charge in [0.2, 0.25) is 0 Å². The van der Waals surface area contributed by atoms with Crippen LogP contribution in [0.2, 0.25) is 0 Å². The van der Waals surface area contributed by atoms with Crippen LogP contribution < -0.4 is 19.6 Å². The van der Waals surface area contributed by atoms with Gasteiger partial charge in [-0.15, -0.1) is 0 Å². The van der Waals surface area contributed by atoms with Gasteiger partial charge < -0.3 is 14.2 Å². The molecule has 0 aromatic heterocycles. The first kappa shape index (κ1) is 23.3. The number of hydrazone groups is 1. The molecule has 0 spiro atoms. The summed E-state index contributed by atoms with van der Waals surface area (Å²) in [5.41, 5.74) is 4.85. The zero-order chi connectivity index (χ0) is 22.8. The summed E-state index contributed by atoms with van der Waals surface area (Å²) < 4.78 is 18.0. The van der Waals surface area contributed by atoms with E-state index in [0.29, 0.717) is 36.9 Å². The average molecular weight is 497 g/mol. The summed E-state index contributed by atoms with van der Waals surface area (Å²) in [5.74, 6) is 1.51. The Bertz CT molecular complexity index is 1070. The molecule has 1 N–H and O–H groups in total. The first-order valence-electron chi connectivity index (χ1n) is 10.3. The number of hydrogen-bond donors (Lipinski definition) is 1. The molecular weight excluding hydrogens is 472 g/mol. The molecule has 0 aliphatic heterocycles. The molecule has 0 saturated heterocycles. The summed E-state index contributed by atoms with van der Waals surface area (Å²) in [7, 11) is 0. The quantitative estimate of drug-likeness (QED) is 0.293. The van der Waals surface area contributed by atoms with Gasteiger partial charge in [0.25, 0.3) is 5.91 Å². The van der Waals surface area contributed by atoms with E-state index in [4.69, 9.17) is 14.2 Å². The molecule has 3 aromatic rings. The van der Waals surface area contributed by atoms with Gasteiger partial charge in [-0.05, 0) is 67.4 Å². The lowest BCUT2D eigenvalue weighted by Gasteiger charge is -2.11. The van der Waals surface area contributed by atoms with E-state index in [1.165, 1.54) is 0 Å². The molecule has 0 unspecified atom stereocenters. The van der Waals surface area contributed by atoms with E-state index >= 15 is 0 Å². The Morgan fingerprint density at radius 2 is 1.69 bits per heavy atom. The number of halogens is 1. The third-order valence-corrected chi connectivity index (χ3v) is 4.89. The molecule has 0 heterocycles. The van der Waals surface area contributed by atoms with Crippen LogP contribution >= 0.6 is 15.9 Å². The van der Waals surface area contributed by atoms with Gasteiger partial charge in [0.05, 0.1) is 19.4 Å². The lowest BCUT2D eigenvalue weighted by molar-refractivity contribution is 0.0954. The highest BCUT2D eigenvalue weighted by Crippen LogP contribution is 2.28. The molecule has 6 nitrogen and oxygen atoms in total. The first-order valence-corrected chi connectivity index (χ1v) is 11.1. The van der Waals surface area contributed by atoms with Crippen LogP contribution in [0.3, 0.4) is 0 Å². The summed E-state index contributed by atoms with van der Waals surface area (Å²) in [6.45, 7) is 5.23. The monoisotopic (exact) mass is 496 g/mol. The fourth-order valence-electron chi connectivity index (χ4n) is 2.85. The van der Waals surface area contributed by atoms with Crippen LogP contribution in [-0.2, 0) is 6.61 Å². The van der Waals surface area contributed by atoms with Crippen molar-refractivity contribution >= 4 is 28.1 Å². The zero-order valence-corrected chi connectivity index (χ0v) is 19.6. The number of nitrogens with one attached hydrogen (secondary N) is 1. The van der Waals surface area contributed by atoms with E-state index in [2.05, 4.69) is 26.5 Å². The minimum absolute atomic E-state index is 0.340. The van der Waals surface area contributed by atoms with E-state index in [-0.39, 0.29) is 5.91 Å². The SMILES string of the molecule is CCOc1ccc(C(=O)N/N=C/c2cccc(OCc3ccc(Br)cc3)c2)cc1OCC. The van der Waals surface area contributed by atoms with Crippen molar-refractivity contribution in [3.63, 3.8) is 0 Å². The third-order valence-electron chi connectivity index (χ3n) is 4.36. The second-order valence-electron chi connectivity index (χ2n) is 6.71. The fourth-order valence-corrected chi connectivity index (χ4v) is 3.12. The molecule has 0 aliphatic rings. The van der Waals surface area contributed by atoms with Crippen molar-refractivity contribution in [1.29, 1.82) is 0 Å². The van der Waals surface area contributed by atoms with Crippen LogP contribution in [0.5, 0.6) is 17.2 Å². The summed E-state index contributed by atoms with van der Waals surface area (Å²) in [4.78, 5) is 12.5. The first-order chi connectivity index (χ1) is 15.6. The molecular formula is C25H25BrN2O4. The molecule has 166 valence electrons. The van der Waals surface area contributed by atoms with Crippen molar-refractivity contribution < 1.29 is 19.0 Å². The normalized spacial score (nSPS) is 10.7. The molecule has 3 aromatic carbocycles. The van der Waals surface area contributed by atoms with Gasteiger partial charge in [-0.3, -0.25) is 4.79 Å². The minimum atomic E-state index is -0.340. The highest BCUT2D eigenvalue weighted by molar-refractivity contribution is 9.10. The van der Waals surface area contributed by atoms with Crippen LogP contribution in [-0.4, -0.2) is 25.3 Å². The molecule has 32 heavy (non-hydrogen) atoms. The molecule has 0 atom stereocenters. The third kappa shape index (κ3) is 6.85. The number of ether oxygens (including phenoxy) is 3. The number of amides is 1. The Morgan fingerprint density at radius 1 is 0.938 bits per heavy atom. The lowest BCUT2D eigenvalue weighted by atomic mass is 10.2. The maximum atomic E-state index is 12.5. The van der Waals surface area contributed by atoms with Gasteiger partial charge in [-0.25, -0.2) is 5.43 Å². The standard InChI is InChI=1S/C25H25BrN2O4/c1-3-30-23-13-10-20(15-24(23)31-4-2)25(29)28-27-16-19-6-5-7-22(14-19)32-17-18-8-11-21(26)12-9-18/h5-16H,3-4,17H2,1-2H3,(H,28,29)/b27-16+. The zero-order valence-electron chi connectivity index (χ0n) is 18.0. The van der Waals surface area contributed by atoms with Gasteiger partial charge in [-0.2, -0.15) is 5.10 Å². The summed E-state index contributed by atoms with van der Waals surface area (Å²) in [6, 6.07) is 20.5. The summed E-state index contributed by atoms with van der Waals surface area (Å²) in [6.07, 6.45) is 1.57. The Kier molecular flexibility index (Phi) is 8.69. The van der Waals surface area contributed by atoms with Crippen molar-refractivity contribution in [2.45, 2.75) is 20.5 Å². The molecule has 0 saturated carbocycles. The van der Waals surface area contributed by atoms with Gasteiger partial charge >= 0.3 is 0 Å². The predicted octanol–water partition coefficient (Wildman–Crippen LogP) is 5.59. The number of nitrogens with zero attached hydrogens (tertiary/aromatic N) is 1. The predicted molar refractivity (Wildman–Crippen MR) is 129 cm³/mol. The lowest BCUT2D eigenvalue weighted by Crippen LogP contribution is -2.17. The molecule has 0 aliphatic carbocycles. The maximum absolute atomic E-state index is 12.5. The van der Waals surface area contributed by atoms with Crippen molar-refractivity contribution in [3.8, 4) is 17.2 Å². The van der Waals surface area contributed by atoms with E-state index in [1.807, 2.05) is 62.4 Å². The molecule has 0 fully saturated rings. The minimum Gasteiger partial charge on any atom is -0.490 e. The maximum Gasteiger partial charge on any atom is 0.271 e. The van der Waals surface area contributed by atoms with Crippen LogP contribution in [0, 0.1) is 0 Å². The largest absolute Gasteiger partial charge is 0.490 e. The van der Waals surface area contributed by atoms with Crippen LogP contribution in [0.25, 0.3) is 0 Å². The van der Waals surface area contributed by atoms with Crippen molar-refractivity contribution in [2.75, 3.05) is 13.2 Å². The smallest absolute Gasteiger partial charge is 0.271 e. The average Bonchev–Trinajstić information content (AvgIpc) is 2.80. The van der Waals surface area contributed by atoms with Gasteiger partial charge in [0, 0.05) is 10.0 Å². The van der Waals surface area contributed by atoms with Crippen LogP contribution in [0.15, 0.2) is 76.3 Å². The van der Waals surface area contributed by atoms with Gasteiger partial charge in [0.1, 0.15) is 12.4 Å². The van der Waals surface area contributed by atoms with Crippen LogP contribution in [0.4, 0.5) is 0 Å².